The van der Waals surface area contributed by atoms with Crippen molar-refractivity contribution in [3.05, 3.63) is 53.9 Å². The van der Waals surface area contributed by atoms with Crippen LogP contribution in [0.3, 0.4) is 0 Å². The van der Waals surface area contributed by atoms with Crippen molar-refractivity contribution in [3.63, 3.8) is 0 Å². The summed E-state index contributed by atoms with van der Waals surface area (Å²) >= 11 is 0. The Morgan fingerprint density at radius 3 is 2.70 bits per heavy atom. The zero-order valence-electron chi connectivity index (χ0n) is 12.2. The van der Waals surface area contributed by atoms with Gasteiger partial charge >= 0.3 is 5.97 Å². The van der Waals surface area contributed by atoms with Crippen LogP contribution < -0.4 is 10.1 Å². The van der Waals surface area contributed by atoms with Gasteiger partial charge in [0.15, 0.2) is 5.82 Å². The Labute approximate surface area is 130 Å². The molecule has 23 heavy (non-hydrogen) atoms. The van der Waals surface area contributed by atoms with E-state index in [2.05, 4.69) is 15.3 Å². The van der Waals surface area contributed by atoms with E-state index in [-0.39, 0.29) is 17.1 Å². The molecule has 1 aromatic heterocycles. The van der Waals surface area contributed by atoms with E-state index < -0.39 is 11.9 Å². The molecule has 0 saturated carbocycles. The zero-order chi connectivity index (χ0) is 16.4. The second kappa shape index (κ2) is 5.80. The van der Waals surface area contributed by atoms with E-state index >= 15 is 0 Å². The molecular formula is C16H13N3O4. The molecule has 0 radical (unpaired) electrons. The molecule has 116 valence electrons. The fraction of sp³-hybridized carbons (Fsp3) is 0.0625. The molecule has 2 aromatic carbocycles. The molecule has 0 atom stereocenters. The number of carbonyl (C=O) groups is 2. The van der Waals surface area contributed by atoms with E-state index in [4.69, 9.17) is 9.84 Å². The van der Waals surface area contributed by atoms with Gasteiger partial charge in [-0.3, -0.25) is 4.79 Å². The van der Waals surface area contributed by atoms with Crippen LogP contribution in [0, 0.1) is 0 Å². The number of aromatic nitrogens is 2. The number of nitrogens with zero attached hydrogens (tertiary/aromatic N) is 1. The summed E-state index contributed by atoms with van der Waals surface area (Å²) in [5, 5.41) is 11.8. The SMILES string of the molecule is COc1ccc(NC(=O)c2nc3ccccc3[nH]2)cc1C(=O)O. The van der Waals surface area contributed by atoms with E-state index in [0.29, 0.717) is 11.2 Å². The number of rotatable bonds is 4. The number of ether oxygens (including phenoxy) is 1. The van der Waals surface area contributed by atoms with Crippen molar-refractivity contribution in [3.8, 4) is 5.75 Å². The van der Waals surface area contributed by atoms with Crippen LogP contribution in [-0.2, 0) is 0 Å². The number of amides is 1. The van der Waals surface area contributed by atoms with Gasteiger partial charge in [-0.1, -0.05) is 12.1 Å². The number of nitrogens with one attached hydrogen (secondary N) is 2. The molecule has 0 aliphatic rings. The summed E-state index contributed by atoms with van der Waals surface area (Å²) in [4.78, 5) is 30.5. The summed E-state index contributed by atoms with van der Waals surface area (Å²) in [6.07, 6.45) is 0. The Bertz CT molecular complexity index is 868. The van der Waals surface area contributed by atoms with Gasteiger partial charge in [-0.2, -0.15) is 0 Å². The number of hydrogen-bond donors (Lipinski definition) is 3. The molecule has 0 aliphatic heterocycles. The average molecular weight is 311 g/mol. The van der Waals surface area contributed by atoms with E-state index in [0.717, 1.165) is 5.52 Å². The number of imidazole rings is 1. The molecule has 1 amide bonds. The van der Waals surface area contributed by atoms with Gasteiger partial charge in [-0.05, 0) is 30.3 Å². The standard InChI is InChI=1S/C16H13N3O4/c1-23-13-7-6-9(8-10(13)16(21)22)17-15(20)14-18-11-4-2-3-5-12(11)19-14/h2-8H,1H3,(H,17,20)(H,18,19)(H,21,22). The van der Waals surface area contributed by atoms with Crippen molar-refractivity contribution in [1.29, 1.82) is 0 Å². The summed E-state index contributed by atoms with van der Waals surface area (Å²) in [6.45, 7) is 0. The minimum Gasteiger partial charge on any atom is -0.496 e. The minimum atomic E-state index is -1.14. The van der Waals surface area contributed by atoms with Crippen molar-refractivity contribution in [2.75, 3.05) is 12.4 Å². The smallest absolute Gasteiger partial charge is 0.339 e. The van der Waals surface area contributed by atoms with Gasteiger partial charge in [0.2, 0.25) is 0 Å². The van der Waals surface area contributed by atoms with E-state index in [9.17, 15) is 9.59 Å². The second-order valence-corrected chi connectivity index (χ2v) is 4.78. The molecule has 3 N–H and O–H groups in total. The molecule has 0 spiro atoms. The fourth-order valence-corrected chi connectivity index (χ4v) is 2.20. The molecule has 1 heterocycles. The Kier molecular flexibility index (Phi) is 3.68. The monoisotopic (exact) mass is 311 g/mol. The first-order valence-electron chi connectivity index (χ1n) is 6.76. The van der Waals surface area contributed by atoms with Crippen molar-refractivity contribution in [2.45, 2.75) is 0 Å². The van der Waals surface area contributed by atoms with Gasteiger partial charge in [0, 0.05) is 5.69 Å². The summed E-state index contributed by atoms with van der Waals surface area (Å²) in [7, 11) is 1.38. The number of methoxy groups -OCH3 is 1. The Morgan fingerprint density at radius 1 is 1.22 bits per heavy atom. The Morgan fingerprint density at radius 2 is 2.00 bits per heavy atom. The Hall–Kier alpha value is -3.35. The lowest BCUT2D eigenvalue weighted by Gasteiger charge is -2.08. The maximum absolute atomic E-state index is 12.2. The highest BCUT2D eigenvalue weighted by Gasteiger charge is 2.15. The number of aromatic carboxylic acids is 1. The van der Waals surface area contributed by atoms with Crippen molar-refractivity contribution in [1.82, 2.24) is 9.97 Å². The third kappa shape index (κ3) is 2.84. The van der Waals surface area contributed by atoms with Crippen LogP contribution in [0.4, 0.5) is 5.69 Å². The highest BCUT2D eigenvalue weighted by molar-refractivity contribution is 6.04. The largest absolute Gasteiger partial charge is 0.496 e. The number of aromatic amines is 1. The maximum Gasteiger partial charge on any atom is 0.339 e. The van der Waals surface area contributed by atoms with Crippen LogP contribution in [0.25, 0.3) is 11.0 Å². The van der Waals surface area contributed by atoms with Crippen molar-refractivity contribution >= 4 is 28.6 Å². The molecular weight excluding hydrogens is 298 g/mol. The lowest BCUT2D eigenvalue weighted by Crippen LogP contribution is -2.14. The van der Waals surface area contributed by atoms with Gasteiger partial charge in [0.05, 0.1) is 18.1 Å². The lowest BCUT2D eigenvalue weighted by atomic mass is 10.1. The third-order valence-corrected chi connectivity index (χ3v) is 3.29. The molecule has 3 rings (SSSR count). The summed E-state index contributed by atoms with van der Waals surface area (Å²) in [6, 6.07) is 11.6. The number of para-hydroxylation sites is 2. The number of anilines is 1. The van der Waals surface area contributed by atoms with Crippen LogP contribution in [0.5, 0.6) is 5.75 Å². The van der Waals surface area contributed by atoms with Gasteiger partial charge < -0.3 is 20.1 Å². The predicted molar refractivity (Wildman–Crippen MR) is 84.0 cm³/mol. The second-order valence-electron chi connectivity index (χ2n) is 4.78. The zero-order valence-corrected chi connectivity index (χ0v) is 12.2. The summed E-state index contributed by atoms with van der Waals surface area (Å²) in [5.74, 6) is -1.22. The van der Waals surface area contributed by atoms with Gasteiger partial charge in [0.25, 0.3) is 5.91 Å². The number of hydrogen-bond acceptors (Lipinski definition) is 4. The number of fused-ring (bicyclic) bond motifs is 1. The maximum atomic E-state index is 12.2. The van der Waals surface area contributed by atoms with Crippen LogP contribution in [0.15, 0.2) is 42.5 Å². The van der Waals surface area contributed by atoms with Crippen LogP contribution in [0.1, 0.15) is 21.0 Å². The first-order chi connectivity index (χ1) is 11.1. The van der Waals surface area contributed by atoms with Crippen LogP contribution >= 0.6 is 0 Å². The molecule has 0 bridgehead atoms. The molecule has 7 nitrogen and oxygen atoms in total. The van der Waals surface area contributed by atoms with Crippen molar-refractivity contribution < 1.29 is 19.4 Å². The van der Waals surface area contributed by atoms with E-state index in [1.807, 2.05) is 18.2 Å². The number of carboxylic acid groups (broad SMARTS) is 1. The molecule has 0 unspecified atom stereocenters. The van der Waals surface area contributed by atoms with Crippen molar-refractivity contribution in [2.24, 2.45) is 0 Å². The molecule has 7 heteroatoms. The topological polar surface area (TPSA) is 104 Å². The molecule has 0 saturated heterocycles. The molecule has 0 aliphatic carbocycles. The lowest BCUT2D eigenvalue weighted by molar-refractivity contribution is 0.0693. The highest BCUT2D eigenvalue weighted by atomic mass is 16.5. The predicted octanol–water partition coefficient (Wildman–Crippen LogP) is 2.52. The number of benzene rings is 2. The first kappa shape index (κ1) is 14.6. The van der Waals surface area contributed by atoms with Gasteiger partial charge in [-0.25, -0.2) is 9.78 Å². The average Bonchev–Trinajstić information content (AvgIpc) is 2.99. The van der Waals surface area contributed by atoms with Gasteiger partial charge in [-0.15, -0.1) is 0 Å². The van der Waals surface area contributed by atoms with Gasteiger partial charge in [0.1, 0.15) is 11.3 Å². The summed E-state index contributed by atoms with van der Waals surface area (Å²) in [5.41, 5.74) is 1.74. The van der Waals surface area contributed by atoms with Crippen LogP contribution in [0.2, 0.25) is 0 Å². The fourth-order valence-electron chi connectivity index (χ4n) is 2.20. The quantitative estimate of drug-likeness (QED) is 0.686. The molecule has 3 aromatic rings. The third-order valence-electron chi connectivity index (χ3n) is 3.29. The van der Waals surface area contributed by atoms with Crippen LogP contribution in [-0.4, -0.2) is 34.1 Å². The van der Waals surface area contributed by atoms with E-state index in [1.54, 1.807) is 12.1 Å². The minimum absolute atomic E-state index is 0.0325. The first-order valence-corrected chi connectivity index (χ1v) is 6.76. The molecule has 0 fully saturated rings. The highest BCUT2D eigenvalue weighted by Crippen LogP contribution is 2.23. The summed E-state index contributed by atoms with van der Waals surface area (Å²) < 4.78 is 4.98. The normalized spacial score (nSPS) is 10.5. The number of carboxylic acids is 1. The number of H-pyrrole nitrogens is 1. The Balaban J connectivity index is 1.87. The number of carbonyl (C=O) groups excluding carboxylic acids is 1. The van der Waals surface area contributed by atoms with E-state index in [1.165, 1.54) is 19.2 Å².